The Labute approximate surface area is 106 Å². The van der Waals surface area contributed by atoms with Crippen molar-refractivity contribution in [3.8, 4) is 0 Å². The average molecular weight is 260 g/mol. The summed E-state index contributed by atoms with van der Waals surface area (Å²) in [5.41, 5.74) is 0. The summed E-state index contributed by atoms with van der Waals surface area (Å²) in [4.78, 5) is 24.4. The van der Waals surface area contributed by atoms with Crippen LogP contribution in [0, 0.1) is 0 Å². The summed E-state index contributed by atoms with van der Waals surface area (Å²) in [6.07, 6.45) is 0.697. The fourth-order valence-corrected chi connectivity index (χ4v) is 1.63. The van der Waals surface area contributed by atoms with E-state index in [0.29, 0.717) is 13.2 Å². The topological polar surface area (TPSA) is 99.1 Å². The number of methoxy groups -OCH3 is 1. The Kier molecular flexibility index (Phi) is 5.36. The third kappa shape index (κ3) is 4.15. The summed E-state index contributed by atoms with van der Waals surface area (Å²) in [5, 5.41) is 20.5. The summed E-state index contributed by atoms with van der Waals surface area (Å²) in [6, 6.07) is -1.60. The third-order valence-electron chi connectivity index (χ3n) is 2.81. The van der Waals surface area contributed by atoms with Gasteiger partial charge in [0.1, 0.15) is 0 Å². The zero-order valence-electron chi connectivity index (χ0n) is 10.6. The first-order chi connectivity index (χ1) is 8.47. The molecule has 0 aromatic carbocycles. The summed E-state index contributed by atoms with van der Waals surface area (Å²) in [5.74, 6) is -1.25. The summed E-state index contributed by atoms with van der Waals surface area (Å²) >= 11 is 0. The SMILES string of the molecule is COCCN(C(=O)NC(C(=O)O)C(C)O)C1CC1. The first kappa shape index (κ1) is 14.7. The number of nitrogens with zero attached hydrogens (tertiary/aromatic N) is 1. The van der Waals surface area contributed by atoms with Crippen molar-refractivity contribution in [1.29, 1.82) is 0 Å². The van der Waals surface area contributed by atoms with Crippen LogP contribution in [-0.2, 0) is 9.53 Å². The minimum Gasteiger partial charge on any atom is -0.480 e. The van der Waals surface area contributed by atoms with Crippen molar-refractivity contribution >= 4 is 12.0 Å². The van der Waals surface area contributed by atoms with Gasteiger partial charge >= 0.3 is 12.0 Å². The Morgan fingerprint density at radius 3 is 2.50 bits per heavy atom. The van der Waals surface area contributed by atoms with Gasteiger partial charge in [-0.25, -0.2) is 9.59 Å². The van der Waals surface area contributed by atoms with Gasteiger partial charge in [-0.2, -0.15) is 0 Å². The Bertz CT molecular complexity index is 304. The van der Waals surface area contributed by atoms with Crippen LogP contribution in [0.1, 0.15) is 19.8 Å². The molecule has 0 radical (unpaired) electrons. The van der Waals surface area contributed by atoms with Crippen LogP contribution >= 0.6 is 0 Å². The Morgan fingerprint density at radius 2 is 2.11 bits per heavy atom. The molecule has 3 N–H and O–H groups in total. The van der Waals surface area contributed by atoms with Crippen LogP contribution in [0.4, 0.5) is 4.79 Å². The van der Waals surface area contributed by atoms with E-state index < -0.39 is 24.1 Å². The van der Waals surface area contributed by atoms with Crippen LogP contribution in [0.15, 0.2) is 0 Å². The number of rotatable bonds is 7. The van der Waals surface area contributed by atoms with Crippen molar-refractivity contribution in [2.24, 2.45) is 0 Å². The van der Waals surface area contributed by atoms with E-state index in [9.17, 15) is 14.7 Å². The number of hydrogen-bond donors (Lipinski definition) is 3. The fraction of sp³-hybridized carbons (Fsp3) is 0.818. The molecule has 2 atom stereocenters. The van der Waals surface area contributed by atoms with Gasteiger partial charge < -0.3 is 25.2 Å². The lowest BCUT2D eigenvalue weighted by molar-refractivity contribution is -0.141. The number of ether oxygens (including phenoxy) is 1. The second-order valence-electron chi connectivity index (χ2n) is 4.42. The maximum absolute atomic E-state index is 11.9. The highest BCUT2D eigenvalue weighted by molar-refractivity contribution is 5.83. The quantitative estimate of drug-likeness (QED) is 0.580. The van der Waals surface area contributed by atoms with Gasteiger partial charge in [-0.15, -0.1) is 0 Å². The molecule has 0 heterocycles. The number of urea groups is 1. The molecule has 1 aliphatic rings. The number of nitrogens with one attached hydrogen (secondary N) is 1. The molecule has 1 saturated carbocycles. The van der Waals surface area contributed by atoms with E-state index in [-0.39, 0.29) is 6.04 Å². The average Bonchev–Trinajstić information content (AvgIpc) is 3.09. The van der Waals surface area contributed by atoms with E-state index in [4.69, 9.17) is 9.84 Å². The molecule has 1 aliphatic carbocycles. The minimum atomic E-state index is -1.29. The maximum Gasteiger partial charge on any atom is 0.328 e. The highest BCUT2D eigenvalue weighted by Crippen LogP contribution is 2.26. The molecule has 7 nitrogen and oxygen atoms in total. The molecule has 7 heteroatoms. The van der Waals surface area contributed by atoms with Gasteiger partial charge in [0.15, 0.2) is 6.04 Å². The van der Waals surface area contributed by atoms with Gasteiger partial charge in [0.2, 0.25) is 0 Å². The molecule has 0 aromatic rings. The molecule has 0 spiro atoms. The van der Waals surface area contributed by atoms with Crippen molar-refractivity contribution in [3.05, 3.63) is 0 Å². The monoisotopic (exact) mass is 260 g/mol. The van der Waals surface area contributed by atoms with Gasteiger partial charge in [-0.3, -0.25) is 0 Å². The van der Waals surface area contributed by atoms with Crippen molar-refractivity contribution < 1.29 is 24.5 Å². The Morgan fingerprint density at radius 1 is 1.50 bits per heavy atom. The number of aliphatic carboxylic acids is 1. The Hall–Kier alpha value is -1.34. The van der Waals surface area contributed by atoms with Crippen LogP contribution in [0.2, 0.25) is 0 Å². The third-order valence-corrected chi connectivity index (χ3v) is 2.81. The Balaban J connectivity index is 2.56. The first-order valence-electron chi connectivity index (χ1n) is 5.94. The maximum atomic E-state index is 11.9. The van der Waals surface area contributed by atoms with Gasteiger partial charge in [0.25, 0.3) is 0 Å². The zero-order valence-corrected chi connectivity index (χ0v) is 10.6. The molecule has 104 valence electrons. The molecule has 0 saturated heterocycles. The van der Waals surface area contributed by atoms with Crippen molar-refractivity contribution in [2.75, 3.05) is 20.3 Å². The largest absolute Gasteiger partial charge is 0.480 e. The van der Waals surface area contributed by atoms with Gasteiger partial charge in [0.05, 0.1) is 12.7 Å². The van der Waals surface area contributed by atoms with E-state index in [1.54, 1.807) is 12.0 Å². The molecule has 0 bridgehead atoms. The van der Waals surface area contributed by atoms with Crippen LogP contribution < -0.4 is 5.32 Å². The first-order valence-corrected chi connectivity index (χ1v) is 5.94. The van der Waals surface area contributed by atoms with Gasteiger partial charge in [-0.05, 0) is 19.8 Å². The van der Waals surface area contributed by atoms with Crippen molar-refractivity contribution in [1.82, 2.24) is 10.2 Å². The molecule has 0 aliphatic heterocycles. The molecule has 18 heavy (non-hydrogen) atoms. The second kappa shape index (κ2) is 6.55. The zero-order chi connectivity index (χ0) is 13.7. The summed E-state index contributed by atoms with van der Waals surface area (Å²) in [7, 11) is 1.54. The number of carboxylic acid groups (broad SMARTS) is 1. The lowest BCUT2D eigenvalue weighted by Crippen LogP contribution is -2.53. The fourth-order valence-electron chi connectivity index (χ4n) is 1.63. The highest BCUT2D eigenvalue weighted by Gasteiger charge is 2.35. The molecular weight excluding hydrogens is 240 g/mol. The molecule has 1 rings (SSSR count). The number of carbonyl (C=O) groups is 2. The van der Waals surface area contributed by atoms with E-state index in [1.807, 2.05) is 0 Å². The molecule has 2 amide bonds. The smallest absolute Gasteiger partial charge is 0.328 e. The molecule has 2 unspecified atom stereocenters. The van der Waals surface area contributed by atoms with Gasteiger partial charge in [0, 0.05) is 19.7 Å². The molecule has 1 fully saturated rings. The highest BCUT2D eigenvalue weighted by atomic mass is 16.5. The summed E-state index contributed by atoms with van der Waals surface area (Å²) < 4.78 is 4.91. The van der Waals surface area contributed by atoms with Crippen molar-refractivity contribution in [3.63, 3.8) is 0 Å². The van der Waals surface area contributed by atoms with Gasteiger partial charge in [-0.1, -0.05) is 0 Å². The van der Waals surface area contributed by atoms with Crippen LogP contribution in [0.3, 0.4) is 0 Å². The predicted molar refractivity (Wildman–Crippen MR) is 63.2 cm³/mol. The predicted octanol–water partition coefficient (Wildman–Crippen LogP) is -0.359. The molecule has 0 aromatic heterocycles. The van der Waals surface area contributed by atoms with E-state index >= 15 is 0 Å². The van der Waals surface area contributed by atoms with Crippen LogP contribution in [0.5, 0.6) is 0 Å². The number of hydrogen-bond acceptors (Lipinski definition) is 4. The summed E-state index contributed by atoms with van der Waals surface area (Å²) in [6.45, 7) is 2.14. The van der Waals surface area contributed by atoms with E-state index in [1.165, 1.54) is 6.92 Å². The number of amides is 2. The standard InChI is InChI=1S/C11H20N2O5/c1-7(14)9(10(15)16)12-11(17)13(5-6-18-2)8-3-4-8/h7-9,14H,3-6H2,1-2H3,(H,12,17)(H,15,16). The van der Waals surface area contributed by atoms with E-state index in [2.05, 4.69) is 5.32 Å². The van der Waals surface area contributed by atoms with Crippen LogP contribution in [-0.4, -0.2) is 65.6 Å². The minimum absolute atomic E-state index is 0.156. The number of carbonyl (C=O) groups excluding carboxylic acids is 1. The lowest BCUT2D eigenvalue weighted by atomic mass is 10.2. The number of aliphatic hydroxyl groups is 1. The lowest BCUT2D eigenvalue weighted by Gasteiger charge is -2.25. The normalized spacial score (nSPS) is 17.9. The second-order valence-corrected chi connectivity index (χ2v) is 4.42. The molecular formula is C11H20N2O5. The number of aliphatic hydroxyl groups excluding tert-OH is 1. The number of carboxylic acids is 1. The van der Waals surface area contributed by atoms with E-state index in [0.717, 1.165) is 12.8 Å². The van der Waals surface area contributed by atoms with Crippen molar-refractivity contribution in [2.45, 2.75) is 38.0 Å². The van der Waals surface area contributed by atoms with Crippen LogP contribution in [0.25, 0.3) is 0 Å².